The molecular formula is C8H14O3S. The summed E-state index contributed by atoms with van der Waals surface area (Å²) in [5.74, 6) is 0.248. The maximum atomic E-state index is 10.9. The molecule has 4 heteroatoms. The van der Waals surface area contributed by atoms with Gasteiger partial charge in [0.2, 0.25) is 0 Å². The summed E-state index contributed by atoms with van der Waals surface area (Å²) >= 11 is 0. The second-order valence-corrected chi connectivity index (χ2v) is 5.01. The second kappa shape index (κ2) is 5.09. The van der Waals surface area contributed by atoms with E-state index in [1.165, 1.54) is 13.0 Å². The van der Waals surface area contributed by atoms with E-state index in [-0.39, 0.29) is 17.3 Å². The van der Waals surface area contributed by atoms with Gasteiger partial charge in [-0.15, -0.1) is 0 Å². The van der Waals surface area contributed by atoms with Crippen molar-refractivity contribution in [1.82, 2.24) is 0 Å². The van der Waals surface area contributed by atoms with Crippen LogP contribution >= 0.6 is 0 Å². The molecule has 0 saturated carbocycles. The molecule has 0 fully saturated rings. The Morgan fingerprint density at radius 2 is 2.00 bits per heavy atom. The van der Waals surface area contributed by atoms with E-state index in [2.05, 4.69) is 0 Å². The summed E-state index contributed by atoms with van der Waals surface area (Å²) in [6.45, 7) is 3.05. The summed E-state index contributed by atoms with van der Waals surface area (Å²) in [6, 6.07) is 0. The summed E-state index contributed by atoms with van der Waals surface area (Å²) in [5.41, 5.74) is 0. The van der Waals surface area contributed by atoms with Crippen LogP contribution < -0.4 is 0 Å². The molecule has 0 aliphatic heterocycles. The molecule has 0 saturated heterocycles. The Kier molecular flexibility index (Phi) is 4.81. The molecule has 0 aromatic carbocycles. The zero-order chi connectivity index (χ0) is 9.61. The van der Waals surface area contributed by atoms with E-state index < -0.39 is 9.84 Å². The molecule has 0 bridgehead atoms. The summed E-state index contributed by atoms with van der Waals surface area (Å²) in [7, 11) is -2.88. The van der Waals surface area contributed by atoms with Crippen molar-refractivity contribution in [3.05, 3.63) is 12.2 Å². The van der Waals surface area contributed by atoms with Gasteiger partial charge in [0.1, 0.15) is 9.84 Å². The summed E-state index contributed by atoms with van der Waals surface area (Å²) in [5, 5.41) is 0. The average Bonchev–Trinajstić information content (AvgIpc) is 1.98. The number of sulfone groups is 1. The number of ketones is 1. The average molecular weight is 190 g/mol. The standard InChI is InChI=1S/C8H14O3S/c1-3-12(10,11)7-5-4-6-8(2)9/h4,6H,3,5,7H2,1-2H3/b6-4+. The van der Waals surface area contributed by atoms with Crippen molar-refractivity contribution >= 4 is 15.6 Å². The summed E-state index contributed by atoms with van der Waals surface area (Å²) in [4.78, 5) is 10.4. The van der Waals surface area contributed by atoms with Crippen molar-refractivity contribution in [2.45, 2.75) is 20.3 Å². The largest absolute Gasteiger partial charge is 0.295 e. The van der Waals surface area contributed by atoms with Crippen LogP contribution in [-0.4, -0.2) is 25.7 Å². The van der Waals surface area contributed by atoms with E-state index in [0.717, 1.165) is 0 Å². The molecule has 0 aromatic heterocycles. The van der Waals surface area contributed by atoms with Gasteiger partial charge in [-0.2, -0.15) is 0 Å². The lowest BCUT2D eigenvalue weighted by atomic mass is 10.3. The van der Waals surface area contributed by atoms with Crippen molar-refractivity contribution in [2.75, 3.05) is 11.5 Å². The van der Waals surface area contributed by atoms with Crippen molar-refractivity contribution in [1.29, 1.82) is 0 Å². The normalized spacial score (nSPS) is 12.2. The van der Waals surface area contributed by atoms with Gasteiger partial charge in [-0.1, -0.05) is 13.0 Å². The number of rotatable bonds is 5. The first-order valence-electron chi connectivity index (χ1n) is 3.85. The molecule has 3 nitrogen and oxygen atoms in total. The van der Waals surface area contributed by atoms with Crippen molar-refractivity contribution in [3.8, 4) is 0 Å². The van der Waals surface area contributed by atoms with Gasteiger partial charge in [0.15, 0.2) is 5.78 Å². The van der Waals surface area contributed by atoms with Crippen molar-refractivity contribution in [2.24, 2.45) is 0 Å². The molecular weight excluding hydrogens is 176 g/mol. The Morgan fingerprint density at radius 3 is 2.42 bits per heavy atom. The Balaban J connectivity index is 3.79. The number of hydrogen-bond donors (Lipinski definition) is 0. The third-order valence-corrected chi connectivity index (χ3v) is 3.13. The lowest BCUT2D eigenvalue weighted by molar-refractivity contribution is -0.112. The third kappa shape index (κ3) is 6.09. The first kappa shape index (κ1) is 11.4. The summed E-state index contributed by atoms with van der Waals surface area (Å²) < 4.78 is 21.9. The van der Waals surface area contributed by atoms with Gasteiger partial charge in [0, 0.05) is 5.75 Å². The number of allylic oxidation sites excluding steroid dienone is 2. The SMILES string of the molecule is CCS(=O)(=O)CC/C=C/C(C)=O. The monoisotopic (exact) mass is 190 g/mol. The molecule has 12 heavy (non-hydrogen) atoms. The predicted molar refractivity (Wildman–Crippen MR) is 48.8 cm³/mol. The molecule has 0 aliphatic carbocycles. The predicted octanol–water partition coefficient (Wildman–Crippen LogP) is 0.956. The fourth-order valence-electron chi connectivity index (χ4n) is 0.641. The molecule has 0 rings (SSSR count). The molecule has 0 N–H and O–H groups in total. The Morgan fingerprint density at radius 1 is 1.42 bits per heavy atom. The Labute approximate surface area is 73.4 Å². The van der Waals surface area contributed by atoms with Crippen LogP contribution in [0.25, 0.3) is 0 Å². The van der Waals surface area contributed by atoms with Crippen LogP contribution in [0, 0.1) is 0 Å². The highest BCUT2D eigenvalue weighted by Crippen LogP contribution is 1.94. The van der Waals surface area contributed by atoms with Gasteiger partial charge in [-0.3, -0.25) is 4.79 Å². The molecule has 0 aromatic rings. The van der Waals surface area contributed by atoms with Crippen molar-refractivity contribution < 1.29 is 13.2 Å². The van der Waals surface area contributed by atoms with Gasteiger partial charge in [-0.25, -0.2) is 8.42 Å². The van der Waals surface area contributed by atoms with E-state index in [4.69, 9.17) is 0 Å². The van der Waals surface area contributed by atoms with Gasteiger partial charge < -0.3 is 0 Å². The smallest absolute Gasteiger partial charge is 0.152 e. The van der Waals surface area contributed by atoms with E-state index in [1.807, 2.05) is 0 Å². The highest BCUT2D eigenvalue weighted by molar-refractivity contribution is 7.91. The van der Waals surface area contributed by atoms with Crippen LogP contribution in [0.2, 0.25) is 0 Å². The van der Waals surface area contributed by atoms with Crippen LogP contribution in [0.15, 0.2) is 12.2 Å². The molecule has 0 atom stereocenters. The molecule has 0 spiro atoms. The van der Waals surface area contributed by atoms with E-state index in [1.54, 1.807) is 13.0 Å². The molecule has 0 heterocycles. The van der Waals surface area contributed by atoms with Gasteiger partial charge in [0.05, 0.1) is 5.75 Å². The molecule has 0 amide bonds. The first-order chi connectivity index (χ1) is 5.48. The zero-order valence-electron chi connectivity index (χ0n) is 7.41. The van der Waals surface area contributed by atoms with E-state index in [0.29, 0.717) is 6.42 Å². The highest BCUT2D eigenvalue weighted by atomic mass is 32.2. The fraction of sp³-hybridized carbons (Fsp3) is 0.625. The van der Waals surface area contributed by atoms with E-state index >= 15 is 0 Å². The number of hydrogen-bond acceptors (Lipinski definition) is 3. The topological polar surface area (TPSA) is 51.2 Å². The van der Waals surface area contributed by atoms with Crippen LogP contribution in [0.4, 0.5) is 0 Å². The molecule has 70 valence electrons. The maximum absolute atomic E-state index is 10.9. The molecule has 0 aliphatic rings. The van der Waals surface area contributed by atoms with Crippen LogP contribution in [0.5, 0.6) is 0 Å². The number of carbonyl (C=O) groups excluding carboxylic acids is 1. The van der Waals surface area contributed by atoms with Gasteiger partial charge >= 0.3 is 0 Å². The van der Waals surface area contributed by atoms with Gasteiger partial charge in [-0.05, 0) is 19.4 Å². The van der Waals surface area contributed by atoms with Gasteiger partial charge in [0.25, 0.3) is 0 Å². The fourth-order valence-corrected chi connectivity index (χ4v) is 1.43. The lowest BCUT2D eigenvalue weighted by Gasteiger charge is -1.95. The second-order valence-electron chi connectivity index (χ2n) is 2.54. The highest BCUT2D eigenvalue weighted by Gasteiger charge is 2.04. The minimum atomic E-state index is -2.88. The lowest BCUT2D eigenvalue weighted by Crippen LogP contribution is -2.07. The summed E-state index contributed by atoms with van der Waals surface area (Å²) in [6.07, 6.45) is 3.41. The van der Waals surface area contributed by atoms with Crippen LogP contribution in [0.1, 0.15) is 20.3 Å². The Bertz CT molecular complexity index is 262. The van der Waals surface area contributed by atoms with Crippen LogP contribution in [0.3, 0.4) is 0 Å². The molecule has 0 radical (unpaired) electrons. The Hall–Kier alpha value is -0.640. The van der Waals surface area contributed by atoms with Crippen molar-refractivity contribution in [3.63, 3.8) is 0 Å². The molecule has 0 unspecified atom stereocenters. The maximum Gasteiger partial charge on any atom is 0.152 e. The van der Waals surface area contributed by atoms with Crippen LogP contribution in [-0.2, 0) is 14.6 Å². The van der Waals surface area contributed by atoms with E-state index in [9.17, 15) is 13.2 Å². The number of carbonyl (C=O) groups is 1. The third-order valence-electron chi connectivity index (χ3n) is 1.39. The zero-order valence-corrected chi connectivity index (χ0v) is 8.23. The minimum Gasteiger partial charge on any atom is -0.295 e. The first-order valence-corrected chi connectivity index (χ1v) is 5.67. The quantitative estimate of drug-likeness (QED) is 0.607. The minimum absolute atomic E-state index is 0.0519.